The highest BCUT2D eigenvalue weighted by Crippen LogP contribution is 2.29. The van der Waals surface area contributed by atoms with Crippen molar-refractivity contribution in [3.63, 3.8) is 0 Å². The van der Waals surface area contributed by atoms with E-state index in [1.165, 1.54) is 0 Å². The largest absolute Gasteiger partial charge is 0.0995 e. The zero-order valence-electron chi connectivity index (χ0n) is 8.46. The molecule has 0 nitrogen and oxygen atoms in total. The molecule has 0 saturated heterocycles. The Balaban J connectivity index is 4.09. The van der Waals surface area contributed by atoms with Crippen molar-refractivity contribution in [3.8, 4) is 0 Å². The average molecular weight is 149 g/mol. The Morgan fingerprint density at radius 3 is 1.45 bits per heavy atom. The molecule has 0 N–H and O–H groups in total. The van der Waals surface area contributed by atoms with Gasteiger partial charge in [-0.25, -0.2) is 0 Å². The molecule has 0 rings (SSSR count). The molecule has 1 unspecified atom stereocenters. The minimum atomic E-state index is 0.259. The summed E-state index contributed by atoms with van der Waals surface area (Å²) in [7, 11) is 8.07. The van der Waals surface area contributed by atoms with Gasteiger partial charge in [0.25, 0.3) is 0 Å². The van der Waals surface area contributed by atoms with Crippen molar-refractivity contribution in [2.45, 2.75) is 40.2 Å². The van der Waals surface area contributed by atoms with E-state index in [1.807, 2.05) is 6.82 Å². The van der Waals surface area contributed by atoms with Crippen molar-refractivity contribution in [2.75, 3.05) is 0 Å². The van der Waals surface area contributed by atoms with E-state index in [2.05, 4.69) is 35.0 Å². The zero-order chi connectivity index (χ0) is 9.02. The lowest BCUT2D eigenvalue weighted by Gasteiger charge is -2.30. The minimum absolute atomic E-state index is 0.259. The Labute approximate surface area is 73.8 Å². The summed E-state index contributed by atoms with van der Waals surface area (Å²) >= 11 is 0. The molecule has 0 saturated carbocycles. The molecule has 61 valence electrons. The van der Waals surface area contributed by atoms with Gasteiger partial charge < -0.3 is 0 Å². The number of hydrogen-bond acceptors (Lipinski definition) is 0. The van der Waals surface area contributed by atoms with E-state index in [0.717, 1.165) is 0 Å². The van der Waals surface area contributed by atoms with Gasteiger partial charge in [-0.15, -0.1) is 0 Å². The van der Waals surface area contributed by atoms with Crippen LogP contribution in [0.15, 0.2) is 0 Å². The first-order valence-corrected chi connectivity index (χ1v) is 4.55. The van der Waals surface area contributed by atoms with Crippen LogP contribution in [0.25, 0.3) is 0 Å². The molecule has 0 aromatic heterocycles. The first kappa shape index (κ1) is 11.1. The van der Waals surface area contributed by atoms with Gasteiger partial charge in [0.1, 0.15) is 0 Å². The van der Waals surface area contributed by atoms with Crippen molar-refractivity contribution >= 4 is 15.1 Å². The molecule has 0 amide bonds. The fourth-order valence-corrected chi connectivity index (χ4v) is 1.88. The highest BCUT2D eigenvalue weighted by atomic mass is 14.2. The Morgan fingerprint density at radius 2 is 1.36 bits per heavy atom. The maximum atomic E-state index is 5.96. The predicted molar refractivity (Wildman–Crippen MR) is 54.3 cm³/mol. The monoisotopic (exact) mass is 149 g/mol. The van der Waals surface area contributed by atoms with Gasteiger partial charge in [0, 0.05) is 0 Å². The Kier molecular flexibility index (Phi) is 4.96. The lowest BCUT2D eigenvalue weighted by Crippen LogP contribution is -2.24. The second-order valence-electron chi connectivity index (χ2n) is 3.98. The lowest BCUT2D eigenvalue weighted by molar-refractivity contribution is 0.302. The molecule has 0 aliphatic heterocycles. The summed E-state index contributed by atoms with van der Waals surface area (Å²) in [6.45, 7) is 11.0. The predicted octanol–water partition coefficient (Wildman–Crippen LogP) is 2.58. The second kappa shape index (κ2) is 4.90. The molecule has 0 heterocycles. The van der Waals surface area contributed by atoms with Crippen molar-refractivity contribution in [3.05, 3.63) is 0 Å². The molecule has 0 spiro atoms. The molecular weight excluding hydrogens is 130 g/mol. The third-order valence-electron chi connectivity index (χ3n) is 2.37. The van der Waals surface area contributed by atoms with E-state index in [4.69, 9.17) is 7.85 Å². The van der Waals surface area contributed by atoms with E-state index in [1.54, 1.807) is 0 Å². The summed E-state index contributed by atoms with van der Waals surface area (Å²) in [6.07, 6.45) is 0. The Bertz CT molecular complexity index is 91.7. The molecule has 3 radical (unpaired) electrons. The van der Waals surface area contributed by atoms with Crippen molar-refractivity contribution in [1.29, 1.82) is 0 Å². The van der Waals surface area contributed by atoms with Crippen LogP contribution in [-0.4, -0.2) is 15.1 Å². The lowest BCUT2D eigenvalue weighted by atomic mass is 9.48. The molecule has 11 heavy (non-hydrogen) atoms. The highest BCUT2D eigenvalue weighted by molar-refractivity contribution is 6.49. The third-order valence-corrected chi connectivity index (χ3v) is 2.37. The molecule has 0 fully saturated rings. The maximum Gasteiger partial charge on any atom is 0.0995 e. The van der Waals surface area contributed by atoms with Crippen LogP contribution in [0, 0.1) is 17.8 Å². The summed E-state index contributed by atoms with van der Waals surface area (Å²) in [5, 5.41) is 0. The quantitative estimate of drug-likeness (QED) is 0.538. The third kappa shape index (κ3) is 3.35. The van der Waals surface area contributed by atoms with E-state index < -0.39 is 0 Å². The van der Waals surface area contributed by atoms with Crippen molar-refractivity contribution in [1.82, 2.24) is 0 Å². The standard InChI is InChI=1S/C9H19B2/c1-6(2)8(7(3)4)9(10)11-5/h6-9H,1-5H3. The smallest absolute Gasteiger partial charge is 0.0993 e. The van der Waals surface area contributed by atoms with Crippen LogP contribution in [0.5, 0.6) is 0 Å². The Hall–Kier alpha value is 0.130. The maximum absolute atomic E-state index is 5.96. The van der Waals surface area contributed by atoms with Gasteiger partial charge >= 0.3 is 0 Å². The molecule has 2 heteroatoms. The molecule has 0 bridgehead atoms. The number of hydrogen-bond donors (Lipinski definition) is 0. The van der Waals surface area contributed by atoms with Crippen LogP contribution in [-0.2, 0) is 0 Å². The molecule has 0 aromatic rings. The summed E-state index contributed by atoms with van der Waals surface area (Å²) in [6, 6.07) is 0. The highest BCUT2D eigenvalue weighted by Gasteiger charge is 2.21. The Morgan fingerprint density at radius 1 is 1.00 bits per heavy atom. The van der Waals surface area contributed by atoms with Gasteiger partial charge in [-0.05, 0) is 17.8 Å². The van der Waals surface area contributed by atoms with Crippen LogP contribution in [0.4, 0.5) is 0 Å². The molecule has 1 atom stereocenters. The normalized spacial score (nSPS) is 14.5. The van der Waals surface area contributed by atoms with Crippen LogP contribution in [0.2, 0.25) is 12.5 Å². The summed E-state index contributed by atoms with van der Waals surface area (Å²) in [4.78, 5) is 0. The zero-order valence-corrected chi connectivity index (χ0v) is 8.46. The second-order valence-corrected chi connectivity index (χ2v) is 3.98. The van der Waals surface area contributed by atoms with Crippen molar-refractivity contribution < 1.29 is 0 Å². The van der Waals surface area contributed by atoms with Gasteiger partial charge in [-0.3, -0.25) is 0 Å². The first-order chi connectivity index (χ1) is 5.00. The SMILES string of the molecule is [B]C([B]C)C(C(C)C)C(C)C. The number of rotatable bonds is 4. The van der Waals surface area contributed by atoms with E-state index in [0.29, 0.717) is 17.8 Å². The molecule has 0 aliphatic carbocycles. The molecular formula is C9H19B2. The minimum Gasteiger partial charge on any atom is -0.0993 e. The summed E-state index contributed by atoms with van der Waals surface area (Å²) < 4.78 is 0. The van der Waals surface area contributed by atoms with E-state index in [9.17, 15) is 0 Å². The van der Waals surface area contributed by atoms with Gasteiger partial charge in [0.2, 0.25) is 0 Å². The van der Waals surface area contributed by atoms with Crippen LogP contribution in [0.1, 0.15) is 27.7 Å². The van der Waals surface area contributed by atoms with Gasteiger partial charge in [0.05, 0.1) is 15.1 Å². The van der Waals surface area contributed by atoms with E-state index >= 15 is 0 Å². The van der Waals surface area contributed by atoms with Crippen LogP contribution in [0.3, 0.4) is 0 Å². The summed E-state index contributed by atoms with van der Waals surface area (Å²) in [5.74, 6) is 1.99. The molecule has 0 aliphatic rings. The van der Waals surface area contributed by atoms with Gasteiger partial charge in [-0.2, -0.15) is 0 Å². The van der Waals surface area contributed by atoms with Crippen LogP contribution < -0.4 is 0 Å². The average Bonchev–Trinajstić information content (AvgIpc) is 1.85. The fourth-order valence-electron chi connectivity index (χ4n) is 1.88. The first-order valence-electron chi connectivity index (χ1n) is 4.55. The fraction of sp³-hybridized carbons (Fsp3) is 1.00. The van der Waals surface area contributed by atoms with Crippen molar-refractivity contribution in [2.24, 2.45) is 17.8 Å². The summed E-state index contributed by atoms with van der Waals surface area (Å²) in [5.41, 5.74) is 0.259. The topological polar surface area (TPSA) is 0 Å². The van der Waals surface area contributed by atoms with Gasteiger partial charge in [-0.1, -0.05) is 40.2 Å². The van der Waals surface area contributed by atoms with E-state index in [-0.39, 0.29) is 5.72 Å². The molecule has 0 aromatic carbocycles. The van der Waals surface area contributed by atoms with Crippen LogP contribution >= 0.6 is 0 Å². The van der Waals surface area contributed by atoms with Gasteiger partial charge in [0.15, 0.2) is 0 Å².